The molecule has 2 aromatic carbocycles. The van der Waals surface area contributed by atoms with Crippen molar-refractivity contribution in [2.45, 2.75) is 33.9 Å². The Morgan fingerprint density at radius 3 is 2.42 bits per heavy atom. The van der Waals surface area contributed by atoms with Gasteiger partial charge in [0, 0.05) is 12.2 Å². The van der Waals surface area contributed by atoms with Crippen LogP contribution in [0.3, 0.4) is 0 Å². The number of fused-ring (bicyclic) bond motifs is 1. The summed E-state index contributed by atoms with van der Waals surface area (Å²) in [7, 11) is 0. The molecule has 0 saturated carbocycles. The predicted molar refractivity (Wildman–Crippen MR) is 103 cm³/mol. The molecule has 6 heteroatoms. The minimum Gasteiger partial charge on any atom is -0.325 e. The number of hydrogen-bond donors (Lipinski definition) is 1. The molecule has 0 saturated heterocycles. The lowest BCUT2D eigenvalue weighted by Gasteiger charge is -2.13. The minimum absolute atomic E-state index is 0.160. The van der Waals surface area contributed by atoms with Crippen LogP contribution in [0.25, 0.3) is 10.9 Å². The van der Waals surface area contributed by atoms with Crippen molar-refractivity contribution < 1.29 is 4.79 Å². The Labute approximate surface area is 150 Å². The van der Waals surface area contributed by atoms with E-state index in [2.05, 4.69) is 5.32 Å². The van der Waals surface area contributed by atoms with Gasteiger partial charge in [-0.1, -0.05) is 18.2 Å². The molecule has 134 valence electrons. The fraction of sp³-hybridized carbons (Fsp3) is 0.250. The molecule has 0 atom stereocenters. The smallest absolute Gasteiger partial charge is 0.325 e. The molecule has 3 aromatic rings. The normalized spacial score (nSPS) is 10.9. The lowest BCUT2D eigenvalue weighted by Crippen LogP contribution is -2.41. The van der Waals surface area contributed by atoms with Crippen LogP contribution in [0.4, 0.5) is 5.69 Å². The van der Waals surface area contributed by atoms with Gasteiger partial charge in [-0.3, -0.25) is 18.7 Å². The van der Waals surface area contributed by atoms with E-state index in [0.717, 1.165) is 15.7 Å². The van der Waals surface area contributed by atoms with Crippen molar-refractivity contribution in [3.05, 3.63) is 74.4 Å². The van der Waals surface area contributed by atoms with Gasteiger partial charge >= 0.3 is 5.69 Å². The van der Waals surface area contributed by atoms with Gasteiger partial charge in [0.05, 0.1) is 10.9 Å². The second kappa shape index (κ2) is 7.00. The van der Waals surface area contributed by atoms with Gasteiger partial charge in [0.15, 0.2) is 0 Å². The zero-order valence-corrected chi connectivity index (χ0v) is 15.1. The first kappa shape index (κ1) is 17.7. The number of aryl methyl sites for hydroxylation is 2. The summed E-state index contributed by atoms with van der Waals surface area (Å²) in [4.78, 5) is 37.6. The van der Waals surface area contributed by atoms with Crippen LogP contribution in [-0.4, -0.2) is 15.0 Å². The summed E-state index contributed by atoms with van der Waals surface area (Å²) in [6.07, 6.45) is 0. The molecular weight excluding hydrogens is 330 g/mol. The first-order chi connectivity index (χ1) is 12.4. The fourth-order valence-electron chi connectivity index (χ4n) is 2.97. The molecular formula is C20H21N3O3. The summed E-state index contributed by atoms with van der Waals surface area (Å²) in [5.41, 5.74) is 2.54. The standard InChI is InChI=1S/C20H21N3O3/c1-4-22-19(25)16-7-5-6-8-17(16)23(20(22)26)12-18(24)21-15-10-9-13(2)14(3)11-15/h5-11H,4,12H2,1-3H3,(H,21,24). The van der Waals surface area contributed by atoms with Crippen LogP contribution in [0.2, 0.25) is 0 Å². The average Bonchev–Trinajstić information content (AvgIpc) is 2.62. The van der Waals surface area contributed by atoms with E-state index < -0.39 is 5.69 Å². The summed E-state index contributed by atoms with van der Waals surface area (Å²) >= 11 is 0. The number of amides is 1. The van der Waals surface area contributed by atoms with Crippen LogP contribution in [0.5, 0.6) is 0 Å². The Balaban J connectivity index is 2.00. The predicted octanol–water partition coefficient (Wildman–Crippen LogP) is 2.44. The van der Waals surface area contributed by atoms with Crippen molar-refractivity contribution in [3.8, 4) is 0 Å². The van der Waals surface area contributed by atoms with Crippen molar-refractivity contribution in [1.82, 2.24) is 9.13 Å². The van der Waals surface area contributed by atoms with Crippen LogP contribution in [0.1, 0.15) is 18.1 Å². The fourth-order valence-corrected chi connectivity index (χ4v) is 2.97. The highest BCUT2D eigenvalue weighted by Crippen LogP contribution is 2.14. The number of benzene rings is 2. The van der Waals surface area contributed by atoms with Crippen LogP contribution < -0.4 is 16.6 Å². The molecule has 1 heterocycles. The molecule has 0 fully saturated rings. The number of carbonyl (C=O) groups is 1. The third kappa shape index (κ3) is 3.18. The summed E-state index contributed by atoms with van der Waals surface area (Å²) in [5, 5.41) is 3.24. The maximum Gasteiger partial charge on any atom is 0.331 e. The zero-order valence-electron chi connectivity index (χ0n) is 15.1. The summed E-state index contributed by atoms with van der Waals surface area (Å²) in [5.74, 6) is -0.318. The number of carbonyl (C=O) groups excluding carboxylic acids is 1. The Morgan fingerprint density at radius 1 is 1.00 bits per heavy atom. The zero-order chi connectivity index (χ0) is 18.8. The largest absolute Gasteiger partial charge is 0.331 e. The van der Waals surface area contributed by atoms with E-state index in [9.17, 15) is 14.4 Å². The maximum atomic E-state index is 12.7. The first-order valence-corrected chi connectivity index (χ1v) is 8.52. The monoisotopic (exact) mass is 351 g/mol. The highest BCUT2D eigenvalue weighted by atomic mass is 16.2. The molecule has 0 bridgehead atoms. The lowest BCUT2D eigenvalue weighted by atomic mass is 10.1. The van der Waals surface area contributed by atoms with Gasteiger partial charge in [0.1, 0.15) is 6.54 Å². The van der Waals surface area contributed by atoms with E-state index >= 15 is 0 Å². The molecule has 0 spiro atoms. The van der Waals surface area contributed by atoms with Gasteiger partial charge in [0.2, 0.25) is 5.91 Å². The number of para-hydroxylation sites is 1. The number of rotatable bonds is 4. The summed E-state index contributed by atoms with van der Waals surface area (Å²) in [6, 6.07) is 12.5. The van der Waals surface area contributed by atoms with Gasteiger partial charge in [-0.25, -0.2) is 4.79 Å². The van der Waals surface area contributed by atoms with Crippen molar-refractivity contribution in [3.63, 3.8) is 0 Å². The number of anilines is 1. The van der Waals surface area contributed by atoms with Gasteiger partial charge in [-0.2, -0.15) is 0 Å². The van der Waals surface area contributed by atoms with E-state index in [-0.39, 0.29) is 24.6 Å². The van der Waals surface area contributed by atoms with Crippen molar-refractivity contribution in [2.24, 2.45) is 0 Å². The summed E-state index contributed by atoms with van der Waals surface area (Å²) < 4.78 is 2.49. The van der Waals surface area contributed by atoms with E-state index in [4.69, 9.17) is 0 Å². The van der Waals surface area contributed by atoms with E-state index in [0.29, 0.717) is 16.6 Å². The molecule has 0 aliphatic carbocycles. The van der Waals surface area contributed by atoms with Gasteiger partial charge in [-0.15, -0.1) is 0 Å². The highest BCUT2D eigenvalue weighted by molar-refractivity contribution is 5.91. The summed E-state index contributed by atoms with van der Waals surface area (Å²) in [6.45, 7) is 5.80. The average molecular weight is 351 g/mol. The second-order valence-electron chi connectivity index (χ2n) is 6.28. The van der Waals surface area contributed by atoms with Crippen LogP contribution >= 0.6 is 0 Å². The van der Waals surface area contributed by atoms with Crippen molar-refractivity contribution in [1.29, 1.82) is 0 Å². The second-order valence-corrected chi connectivity index (χ2v) is 6.28. The SMILES string of the molecule is CCn1c(=O)c2ccccc2n(CC(=O)Nc2ccc(C)c(C)c2)c1=O. The Hall–Kier alpha value is -3.15. The molecule has 1 amide bonds. The van der Waals surface area contributed by atoms with Crippen molar-refractivity contribution in [2.75, 3.05) is 5.32 Å². The number of nitrogens with one attached hydrogen (secondary N) is 1. The molecule has 3 rings (SSSR count). The Bertz CT molecular complexity index is 1110. The molecule has 0 aliphatic heterocycles. The molecule has 1 N–H and O–H groups in total. The van der Waals surface area contributed by atoms with Crippen LogP contribution in [0.15, 0.2) is 52.1 Å². The molecule has 6 nitrogen and oxygen atoms in total. The molecule has 0 unspecified atom stereocenters. The van der Waals surface area contributed by atoms with Crippen LogP contribution in [-0.2, 0) is 17.9 Å². The number of aromatic nitrogens is 2. The molecule has 26 heavy (non-hydrogen) atoms. The highest BCUT2D eigenvalue weighted by Gasteiger charge is 2.14. The third-order valence-electron chi connectivity index (χ3n) is 4.54. The first-order valence-electron chi connectivity index (χ1n) is 8.52. The molecule has 0 aliphatic rings. The third-order valence-corrected chi connectivity index (χ3v) is 4.54. The minimum atomic E-state index is -0.480. The van der Waals surface area contributed by atoms with Gasteiger partial charge in [0.25, 0.3) is 5.56 Å². The Kier molecular flexibility index (Phi) is 4.75. The van der Waals surface area contributed by atoms with Crippen molar-refractivity contribution >= 4 is 22.5 Å². The lowest BCUT2D eigenvalue weighted by molar-refractivity contribution is -0.116. The Morgan fingerprint density at radius 2 is 1.73 bits per heavy atom. The van der Waals surface area contributed by atoms with Gasteiger partial charge < -0.3 is 5.32 Å². The quantitative estimate of drug-likeness (QED) is 0.785. The molecule has 0 radical (unpaired) electrons. The molecule has 1 aromatic heterocycles. The van der Waals surface area contributed by atoms with E-state index in [1.54, 1.807) is 31.2 Å². The van der Waals surface area contributed by atoms with Gasteiger partial charge in [-0.05, 0) is 56.2 Å². The van der Waals surface area contributed by atoms with E-state index in [1.807, 2.05) is 32.0 Å². The van der Waals surface area contributed by atoms with Crippen LogP contribution in [0, 0.1) is 13.8 Å². The van der Waals surface area contributed by atoms with E-state index in [1.165, 1.54) is 4.57 Å². The topological polar surface area (TPSA) is 73.1 Å². The number of hydrogen-bond acceptors (Lipinski definition) is 3. The maximum absolute atomic E-state index is 12.7. The number of nitrogens with zero attached hydrogens (tertiary/aromatic N) is 2.